The van der Waals surface area contributed by atoms with Gasteiger partial charge in [0.2, 0.25) is 0 Å². The highest BCUT2D eigenvalue weighted by molar-refractivity contribution is 6.09. The molecule has 0 aliphatic carbocycles. The smallest absolute Gasteiger partial charge is 0.410 e. The number of likely N-dealkylation sites (tertiary alicyclic amines) is 1. The Hall–Kier alpha value is -2.87. The van der Waals surface area contributed by atoms with Crippen molar-refractivity contribution in [3.8, 4) is 6.07 Å². The topological polar surface area (TPSA) is 65.7 Å². The molecule has 1 atom stereocenters. The lowest BCUT2D eigenvalue weighted by molar-refractivity contribution is 0.0224. The van der Waals surface area contributed by atoms with E-state index in [9.17, 15) is 4.79 Å². The van der Waals surface area contributed by atoms with Crippen molar-refractivity contribution in [1.82, 2.24) is 4.90 Å². The fraction of sp³-hybridized carbons (Fsp3) is 0.409. The van der Waals surface area contributed by atoms with Crippen LogP contribution in [0.5, 0.6) is 0 Å². The molecule has 1 unspecified atom stereocenters. The van der Waals surface area contributed by atoms with Crippen molar-refractivity contribution < 1.29 is 9.53 Å². The van der Waals surface area contributed by atoms with Gasteiger partial charge in [0, 0.05) is 12.8 Å². The lowest BCUT2D eigenvalue weighted by atomic mass is 9.96. The number of hydrogen-bond donors (Lipinski definition) is 0. The molecule has 1 aromatic rings. The van der Waals surface area contributed by atoms with Gasteiger partial charge >= 0.3 is 6.09 Å². The van der Waals surface area contributed by atoms with Gasteiger partial charge in [-0.15, -0.1) is 0 Å². The molecule has 0 aromatic heterocycles. The van der Waals surface area contributed by atoms with E-state index in [4.69, 9.17) is 10.00 Å². The summed E-state index contributed by atoms with van der Waals surface area (Å²) in [4.78, 5) is 18.3. The quantitative estimate of drug-likeness (QED) is 0.545. The largest absolute Gasteiger partial charge is 0.444 e. The van der Waals surface area contributed by atoms with Crippen LogP contribution in [-0.4, -0.2) is 29.4 Å². The zero-order valence-corrected chi connectivity index (χ0v) is 16.6. The highest BCUT2D eigenvalue weighted by atomic mass is 16.6. The summed E-state index contributed by atoms with van der Waals surface area (Å²) in [6, 6.07) is 7.99. The van der Waals surface area contributed by atoms with Crippen molar-refractivity contribution in [1.29, 1.82) is 5.26 Å². The molecular formula is C22H27N3O2. The average Bonchev–Trinajstić information content (AvgIpc) is 3.07. The van der Waals surface area contributed by atoms with Crippen molar-refractivity contribution in [2.45, 2.75) is 52.2 Å². The molecule has 1 aliphatic heterocycles. The summed E-state index contributed by atoms with van der Waals surface area (Å²) in [6.45, 7) is 15.9. The van der Waals surface area contributed by atoms with E-state index in [1.165, 1.54) is 0 Å². The normalized spacial score (nSPS) is 17.0. The van der Waals surface area contributed by atoms with Crippen molar-refractivity contribution in [2.75, 3.05) is 6.54 Å². The molecule has 1 saturated heterocycles. The molecule has 27 heavy (non-hydrogen) atoms. The van der Waals surface area contributed by atoms with Crippen LogP contribution in [0.15, 0.2) is 42.0 Å². The van der Waals surface area contributed by atoms with Gasteiger partial charge in [-0.3, -0.25) is 0 Å². The summed E-state index contributed by atoms with van der Waals surface area (Å²) in [5, 5.41) is 8.74. The standard InChI is InChI=1S/C22H27N3O2/c1-15-12-18(9-10-19(15)16(2)14-24-17(3)13-23)20-8-7-11-25(20)21(26)27-22(4,5)6/h9-10,12,14,20H,2-3,7-8,11H2,1,4-6H3/b24-14+. The number of nitriles is 1. The van der Waals surface area contributed by atoms with Gasteiger partial charge < -0.3 is 9.64 Å². The first-order valence-corrected chi connectivity index (χ1v) is 9.05. The number of amides is 1. The van der Waals surface area contributed by atoms with Crippen LogP contribution >= 0.6 is 0 Å². The van der Waals surface area contributed by atoms with Crippen molar-refractivity contribution in [3.63, 3.8) is 0 Å². The maximum atomic E-state index is 12.5. The first kappa shape index (κ1) is 20.4. The zero-order valence-electron chi connectivity index (χ0n) is 16.6. The number of benzene rings is 1. The summed E-state index contributed by atoms with van der Waals surface area (Å²) in [5.74, 6) is 0. The highest BCUT2D eigenvalue weighted by Gasteiger charge is 2.33. The van der Waals surface area contributed by atoms with Gasteiger partial charge in [-0.05, 0) is 62.8 Å². The number of aliphatic imine (C=N–C) groups is 1. The molecule has 0 spiro atoms. The molecule has 5 heteroatoms. The minimum Gasteiger partial charge on any atom is -0.444 e. The van der Waals surface area contributed by atoms with E-state index in [1.54, 1.807) is 6.21 Å². The molecular weight excluding hydrogens is 338 g/mol. The van der Waals surface area contributed by atoms with E-state index in [2.05, 4.69) is 24.2 Å². The number of hydrogen-bond acceptors (Lipinski definition) is 4. The van der Waals surface area contributed by atoms with E-state index in [-0.39, 0.29) is 17.8 Å². The predicted molar refractivity (Wildman–Crippen MR) is 108 cm³/mol. The van der Waals surface area contributed by atoms with Crippen molar-refractivity contribution >= 4 is 17.9 Å². The Bertz CT molecular complexity index is 825. The lowest BCUT2D eigenvalue weighted by Gasteiger charge is -2.29. The number of carbonyl (C=O) groups is 1. The zero-order chi connectivity index (χ0) is 20.2. The van der Waals surface area contributed by atoms with Crippen LogP contribution in [0.1, 0.15) is 56.3 Å². The Morgan fingerprint density at radius 2 is 2.11 bits per heavy atom. The molecule has 0 saturated carbocycles. The van der Waals surface area contributed by atoms with Crippen LogP contribution in [0.4, 0.5) is 4.79 Å². The molecule has 1 heterocycles. The summed E-state index contributed by atoms with van der Waals surface area (Å²) >= 11 is 0. The Morgan fingerprint density at radius 3 is 2.70 bits per heavy atom. The van der Waals surface area contributed by atoms with Gasteiger partial charge in [0.25, 0.3) is 0 Å². The third-order valence-electron chi connectivity index (χ3n) is 4.37. The van der Waals surface area contributed by atoms with Crippen LogP contribution in [0.2, 0.25) is 0 Å². The molecule has 0 N–H and O–H groups in total. The fourth-order valence-corrected chi connectivity index (χ4v) is 3.16. The second-order valence-corrected chi connectivity index (χ2v) is 7.75. The van der Waals surface area contributed by atoms with Crippen LogP contribution < -0.4 is 0 Å². The first-order chi connectivity index (χ1) is 12.6. The van der Waals surface area contributed by atoms with Crippen molar-refractivity contribution in [2.24, 2.45) is 4.99 Å². The summed E-state index contributed by atoms with van der Waals surface area (Å²) < 4.78 is 5.55. The minimum absolute atomic E-state index is 0.0212. The fourth-order valence-electron chi connectivity index (χ4n) is 3.16. The number of nitrogens with zero attached hydrogens (tertiary/aromatic N) is 3. The number of allylic oxidation sites excluding steroid dienone is 2. The predicted octanol–water partition coefficient (Wildman–Crippen LogP) is 5.19. The van der Waals surface area contributed by atoms with Crippen LogP contribution in [-0.2, 0) is 4.74 Å². The number of aryl methyl sites for hydroxylation is 1. The number of carbonyl (C=O) groups excluding carboxylic acids is 1. The molecule has 0 radical (unpaired) electrons. The Kier molecular flexibility index (Phi) is 6.22. The summed E-state index contributed by atoms with van der Waals surface area (Å²) in [6.07, 6.45) is 3.16. The highest BCUT2D eigenvalue weighted by Crippen LogP contribution is 2.34. The van der Waals surface area contributed by atoms with Gasteiger partial charge in [-0.1, -0.05) is 31.4 Å². The summed E-state index contributed by atoms with van der Waals surface area (Å²) in [7, 11) is 0. The monoisotopic (exact) mass is 365 g/mol. The van der Waals surface area contributed by atoms with E-state index in [0.717, 1.165) is 29.5 Å². The summed E-state index contributed by atoms with van der Waals surface area (Å²) in [5.41, 5.74) is 3.44. The molecule has 2 rings (SSSR count). The van der Waals surface area contributed by atoms with Crippen LogP contribution in [0.3, 0.4) is 0 Å². The number of ether oxygens (including phenoxy) is 1. The van der Waals surface area contributed by atoms with Gasteiger partial charge in [0.1, 0.15) is 17.4 Å². The SMILES string of the molecule is C=C(C#N)/N=C/C(=C)c1ccc(C2CCCN2C(=O)OC(C)(C)C)cc1C. The molecule has 142 valence electrons. The second kappa shape index (κ2) is 8.22. The molecule has 1 aliphatic rings. The van der Waals surface area contributed by atoms with Crippen LogP contribution in [0, 0.1) is 18.3 Å². The van der Waals surface area contributed by atoms with Crippen molar-refractivity contribution in [3.05, 3.63) is 53.7 Å². The van der Waals surface area contributed by atoms with E-state index >= 15 is 0 Å². The lowest BCUT2D eigenvalue weighted by Crippen LogP contribution is -2.36. The Balaban J connectivity index is 2.20. The second-order valence-electron chi connectivity index (χ2n) is 7.75. The van der Waals surface area contributed by atoms with Gasteiger partial charge in [0.15, 0.2) is 0 Å². The minimum atomic E-state index is -0.505. The molecule has 5 nitrogen and oxygen atoms in total. The van der Waals surface area contributed by atoms with Gasteiger partial charge in [-0.25, -0.2) is 9.79 Å². The molecule has 1 aromatic carbocycles. The molecule has 1 fully saturated rings. The Morgan fingerprint density at radius 1 is 1.41 bits per heavy atom. The maximum absolute atomic E-state index is 12.5. The van der Waals surface area contributed by atoms with E-state index in [1.807, 2.05) is 50.8 Å². The molecule has 0 bridgehead atoms. The Labute approximate surface area is 161 Å². The third kappa shape index (κ3) is 5.30. The third-order valence-corrected chi connectivity index (χ3v) is 4.37. The van der Waals surface area contributed by atoms with Gasteiger partial charge in [-0.2, -0.15) is 5.26 Å². The molecule has 1 amide bonds. The average molecular weight is 365 g/mol. The van der Waals surface area contributed by atoms with Gasteiger partial charge in [0.05, 0.1) is 6.04 Å². The number of rotatable bonds is 4. The van der Waals surface area contributed by atoms with Crippen LogP contribution in [0.25, 0.3) is 5.57 Å². The van der Waals surface area contributed by atoms with E-state index in [0.29, 0.717) is 12.1 Å². The first-order valence-electron chi connectivity index (χ1n) is 9.05. The van der Waals surface area contributed by atoms with E-state index < -0.39 is 5.60 Å². The maximum Gasteiger partial charge on any atom is 0.410 e.